The molecule has 0 spiro atoms. The molecule has 1 fully saturated rings. The van der Waals surface area contributed by atoms with Crippen molar-refractivity contribution in [1.82, 2.24) is 5.32 Å². The van der Waals surface area contributed by atoms with Crippen LogP contribution in [0.15, 0.2) is 18.2 Å². The first kappa shape index (κ1) is 11.9. The first-order chi connectivity index (χ1) is 7.77. The van der Waals surface area contributed by atoms with E-state index >= 15 is 0 Å². The van der Waals surface area contributed by atoms with Crippen LogP contribution in [0.3, 0.4) is 0 Å². The lowest BCUT2D eigenvalue weighted by molar-refractivity contribution is 0.110. The second-order valence-electron chi connectivity index (χ2n) is 4.29. The Balaban J connectivity index is 1.82. The molecule has 0 bridgehead atoms. The number of hydrogen-bond acceptors (Lipinski definition) is 2. The molecule has 0 aromatic heterocycles. The van der Waals surface area contributed by atoms with Gasteiger partial charge in [0.05, 0.1) is 6.10 Å². The fourth-order valence-electron chi connectivity index (χ4n) is 2.02. The summed E-state index contributed by atoms with van der Waals surface area (Å²) in [6.45, 7) is 4.78. The van der Waals surface area contributed by atoms with Crippen LogP contribution in [0, 0.1) is 6.92 Å². The zero-order valence-electron chi connectivity index (χ0n) is 9.63. The van der Waals surface area contributed by atoms with Crippen LogP contribution >= 0.6 is 11.6 Å². The Labute approximate surface area is 102 Å². The highest BCUT2D eigenvalue weighted by Crippen LogP contribution is 2.18. The van der Waals surface area contributed by atoms with E-state index in [2.05, 4.69) is 18.3 Å². The van der Waals surface area contributed by atoms with Crippen molar-refractivity contribution in [3.05, 3.63) is 34.3 Å². The zero-order valence-corrected chi connectivity index (χ0v) is 10.4. The minimum atomic E-state index is 0.402. The van der Waals surface area contributed by atoms with E-state index in [9.17, 15) is 0 Å². The monoisotopic (exact) mass is 239 g/mol. The van der Waals surface area contributed by atoms with Crippen LogP contribution in [0.5, 0.6) is 0 Å². The Hall–Kier alpha value is -0.570. The van der Waals surface area contributed by atoms with Crippen molar-refractivity contribution in [3.63, 3.8) is 0 Å². The summed E-state index contributed by atoms with van der Waals surface area (Å²) in [5.74, 6) is 0. The Morgan fingerprint density at radius 3 is 3.12 bits per heavy atom. The summed E-state index contributed by atoms with van der Waals surface area (Å²) < 4.78 is 5.56. The number of ether oxygens (including phenoxy) is 1. The number of halogens is 1. The lowest BCUT2D eigenvalue weighted by Gasteiger charge is -2.12. The molecule has 0 aliphatic carbocycles. The molecule has 2 rings (SSSR count). The van der Waals surface area contributed by atoms with Gasteiger partial charge in [-0.2, -0.15) is 0 Å². The van der Waals surface area contributed by atoms with Gasteiger partial charge >= 0.3 is 0 Å². The van der Waals surface area contributed by atoms with E-state index in [1.54, 1.807) is 0 Å². The predicted molar refractivity (Wildman–Crippen MR) is 66.9 cm³/mol. The largest absolute Gasteiger partial charge is 0.377 e. The van der Waals surface area contributed by atoms with E-state index in [1.165, 1.54) is 24.0 Å². The smallest absolute Gasteiger partial charge is 0.0700 e. The van der Waals surface area contributed by atoms with E-state index in [-0.39, 0.29) is 0 Å². The molecule has 2 nitrogen and oxygen atoms in total. The molecule has 1 aromatic carbocycles. The lowest BCUT2D eigenvalue weighted by atomic mass is 10.1. The third-order valence-electron chi connectivity index (χ3n) is 3.09. The topological polar surface area (TPSA) is 21.3 Å². The van der Waals surface area contributed by atoms with Crippen LogP contribution < -0.4 is 5.32 Å². The van der Waals surface area contributed by atoms with Crippen LogP contribution in [0.4, 0.5) is 0 Å². The van der Waals surface area contributed by atoms with Gasteiger partial charge in [0.2, 0.25) is 0 Å². The molecule has 1 N–H and O–H groups in total. The summed E-state index contributed by atoms with van der Waals surface area (Å²) in [7, 11) is 0. The highest BCUT2D eigenvalue weighted by Gasteiger charge is 2.14. The average Bonchev–Trinajstić information content (AvgIpc) is 2.77. The number of nitrogens with one attached hydrogen (secondary N) is 1. The van der Waals surface area contributed by atoms with Gasteiger partial charge in [-0.1, -0.05) is 23.7 Å². The maximum atomic E-state index is 6.07. The maximum Gasteiger partial charge on any atom is 0.0700 e. The van der Waals surface area contributed by atoms with E-state index in [0.717, 1.165) is 24.7 Å². The summed E-state index contributed by atoms with van der Waals surface area (Å²) in [5, 5.41) is 4.27. The molecule has 3 heteroatoms. The summed E-state index contributed by atoms with van der Waals surface area (Å²) in [5.41, 5.74) is 2.44. The van der Waals surface area contributed by atoms with Crippen LogP contribution in [0.2, 0.25) is 5.02 Å². The van der Waals surface area contributed by atoms with Crippen molar-refractivity contribution in [1.29, 1.82) is 0 Å². The molecule has 0 amide bonds. The SMILES string of the molecule is Cc1c(Cl)cccc1CNCC1CCCO1. The molecule has 1 aliphatic heterocycles. The summed E-state index contributed by atoms with van der Waals surface area (Å²) in [4.78, 5) is 0. The number of hydrogen-bond donors (Lipinski definition) is 1. The molecule has 16 heavy (non-hydrogen) atoms. The Morgan fingerprint density at radius 2 is 2.38 bits per heavy atom. The second-order valence-corrected chi connectivity index (χ2v) is 4.70. The van der Waals surface area contributed by atoms with Crippen molar-refractivity contribution in [3.8, 4) is 0 Å². The highest BCUT2D eigenvalue weighted by atomic mass is 35.5. The van der Waals surface area contributed by atoms with Gasteiger partial charge in [0.1, 0.15) is 0 Å². The molecule has 88 valence electrons. The van der Waals surface area contributed by atoms with Crippen molar-refractivity contribution in [2.45, 2.75) is 32.4 Å². The van der Waals surface area contributed by atoms with Gasteiger partial charge < -0.3 is 10.1 Å². The Morgan fingerprint density at radius 1 is 1.50 bits per heavy atom. The van der Waals surface area contributed by atoms with Crippen LogP contribution in [0.1, 0.15) is 24.0 Å². The highest BCUT2D eigenvalue weighted by molar-refractivity contribution is 6.31. The molecule has 1 aromatic rings. The summed E-state index contributed by atoms with van der Waals surface area (Å²) in [6, 6.07) is 6.04. The van der Waals surface area contributed by atoms with E-state index < -0.39 is 0 Å². The molecule has 0 radical (unpaired) electrons. The fourth-order valence-corrected chi connectivity index (χ4v) is 2.21. The first-order valence-electron chi connectivity index (χ1n) is 5.83. The third kappa shape index (κ3) is 2.97. The van der Waals surface area contributed by atoms with Gasteiger partial charge in [0, 0.05) is 24.7 Å². The van der Waals surface area contributed by atoms with Crippen molar-refractivity contribution in [2.75, 3.05) is 13.2 Å². The predicted octanol–water partition coefficient (Wildman–Crippen LogP) is 2.92. The molecular formula is C13H18ClNO. The minimum absolute atomic E-state index is 0.402. The minimum Gasteiger partial charge on any atom is -0.377 e. The standard InChI is InChI=1S/C13H18ClNO/c1-10-11(4-2-6-13(10)14)8-15-9-12-5-3-7-16-12/h2,4,6,12,15H,3,5,7-9H2,1H3. The molecule has 1 aliphatic rings. The van der Waals surface area contributed by atoms with Crippen molar-refractivity contribution < 1.29 is 4.74 Å². The van der Waals surface area contributed by atoms with Gasteiger partial charge in [-0.15, -0.1) is 0 Å². The molecule has 1 heterocycles. The van der Waals surface area contributed by atoms with Crippen LogP contribution in [0.25, 0.3) is 0 Å². The van der Waals surface area contributed by atoms with E-state index in [4.69, 9.17) is 16.3 Å². The Bertz CT molecular complexity index is 348. The summed E-state index contributed by atoms with van der Waals surface area (Å²) >= 11 is 6.07. The molecule has 1 unspecified atom stereocenters. The number of benzene rings is 1. The molecule has 1 atom stereocenters. The maximum absolute atomic E-state index is 6.07. The van der Waals surface area contributed by atoms with Crippen molar-refractivity contribution in [2.24, 2.45) is 0 Å². The van der Waals surface area contributed by atoms with Gasteiger partial charge in [-0.25, -0.2) is 0 Å². The molecule has 0 saturated carbocycles. The van der Waals surface area contributed by atoms with E-state index in [1.807, 2.05) is 12.1 Å². The van der Waals surface area contributed by atoms with Crippen molar-refractivity contribution >= 4 is 11.6 Å². The second kappa shape index (κ2) is 5.67. The quantitative estimate of drug-likeness (QED) is 0.873. The first-order valence-corrected chi connectivity index (χ1v) is 6.21. The summed E-state index contributed by atoms with van der Waals surface area (Å²) in [6.07, 6.45) is 2.78. The van der Waals surface area contributed by atoms with Gasteiger partial charge in [-0.3, -0.25) is 0 Å². The fraction of sp³-hybridized carbons (Fsp3) is 0.538. The lowest BCUT2D eigenvalue weighted by Crippen LogP contribution is -2.26. The van der Waals surface area contributed by atoms with Gasteiger partial charge in [-0.05, 0) is 37.0 Å². The normalized spacial score (nSPS) is 20.2. The van der Waals surface area contributed by atoms with Gasteiger partial charge in [0.15, 0.2) is 0 Å². The zero-order chi connectivity index (χ0) is 11.4. The van der Waals surface area contributed by atoms with Crippen LogP contribution in [-0.4, -0.2) is 19.3 Å². The van der Waals surface area contributed by atoms with Crippen LogP contribution in [-0.2, 0) is 11.3 Å². The molecular weight excluding hydrogens is 222 g/mol. The average molecular weight is 240 g/mol. The Kier molecular flexibility index (Phi) is 4.22. The number of rotatable bonds is 4. The van der Waals surface area contributed by atoms with Gasteiger partial charge in [0.25, 0.3) is 0 Å². The third-order valence-corrected chi connectivity index (χ3v) is 3.50. The van der Waals surface area contributed by atoms with E-state index in [0.29, 0.717) is 6.10 Å². The molecule has 1 saturated heterocycles.